The van der Waals surface area contributed by atoms with E-state index in [1.54, 1.807) is 11.8 Å². The van der Waals surface area contributed by atoms with Crippen LogP contribution in [0, 0.1) is 0 Å². The molecule has 1 saturated heterocycles. The summed E-state index contributed by atoms with van der Waals surface area (Å²) < 4.78 is 10.9. The third kappa shape index (κ3) is 8.02. The van der Waals surface area contributed by atoms with Crippen LogP contribution in [0.2, 0.25) is 0 Å². The van der Waals surface area contributed by atoms with Crippen LogP contribution in [-0.2, 0) is 27.4 Å². The molecule has 0 radical (unpaired) electrons. The number of hydrogen-bond acceptors (Lipinski definition) is 7. The van der Waals surface area contributed by atoms with Gasteiger partial charge in [0, 0.05) is 24.3 Å². The smallest absolute Gasteiger partial charge is 0.272 e. The number of carbonyl (C=O) groups excluding carboxylic acids is 1. The zero-order valence-corrected chi connectivity index (χ0v) is 24.8. The van der Waals surface area contributed by atoms with Gasteiger partial charge in [-0.25, -0.2) is 4.98 Å². The van der Waals surface area contributed by atoms with Gasteiger partial charge >= 0.3 is 0 Å². The van der Waals surface area contributed by atoms with Crippen molar-refractivity contribution in [2.75, 3.05) is 5.75 Å². The van der Waals surface area contributed by atoms with Gasteiger partial charge in [-0.3, -0.25) is 9.89 Å². The minimum Gasteiger partial charge on any atom is -0.392 e. The number of nitrogens with zero attached hydrogens (tertiary/aromatic N) is 2. The Morgan fingerprint density at radius 3 is 2.46 bits per heavy atom. The zero-order chi connectivity index (χ0) is 28.8. The van der Waals surface area contributed by atoms with Crippen LogP contribution >= 0.6 is 46.6 Å². The Hall–Kier alpha value is -2.63. The molecular weight excluding hydrogens is 607 g/mol. The first-order valence-electron chi connectivity index (χ1n) is 12.8. The second kappa shape index (κ2) is 13.6. The van der Waals surface area contributed by atoms with Crippen LogP contribution in [0.1, 0.15) is 41.1 Å². The molecule has 0 spiro atoms. The molecule has 0 aliphatic carbocycles. The predicted octanol–water partition coefficient (Wildman–Crippen LogP) is 6.29. The lowest BCUT2D eigenvalue weighted by molar-refractivity contribution is -0.245. The third-order valence-electron chi connectivity index (χ3n) is 6.54. The Morgan fingerprint density at radius 2 is 1.76 bits per heavy atom. The summed E-state index contributed by atoms with van der Waals surface area (Å²) in [5.74, 6) is -0.0138. The molecule has 3 atom stereocenters. The van der Waals surface area contributed by atoms with Crippen molar-refractivity contribution in [2.24, 2.45) is 0 Å². The maximum absolute atomic E-state index is 12.0. The maximum Gasteiger partial charge on any atom is 0.272 e. The fraction of sp³-hybridized carbons (Fsp3) is 0.276. The summed E-state index contributed by atoms with van der Waals surface area (Å²) in [6.07, 6.45) is 1.24. The first-order chi connectivity index (χ1) is 19.8. The second-order valence-corrected chi connectivity index (χ2v) is 12.7. The van der Waals surface area contributed by atoms with Crippen molar-refractivity contribution in [3.8, 4) is 11.1 Å². The van der Waals surface area contributed by atoms with Gasteiger partial charge in [-0.05, 0) is 39.9 Å². The first kappa shape index (κ1) is 29.8. The Kier molecular flexibility index (Phi) is 9.87. The monoisotopic (exact) mass is 632 g/mol. The number of aliphatic hydroxyl groups excluding tert-OH is 1. The molecule has 5 rings (SSSR count). The van der Waals surface area contributed by atoms with E-state index >= 15 is 0 Å². The zero-order valence-electron chi connectivity index (χ0n) is 21.7. The van der Waals surface area contributed by atoms with E-state index in [0.717, 1.165) is 38.5 Å². The predicted molar refractivity (Wildman–Crippen MR) is 160 cm³/mol. The summed E-state index contributed by atoms with van der Waals surface area (Å²) in [5, 5.41) is 19.6. The molecule has 1 fully saturated rings. The van der Waals surface area contributed by atoms with E-state index in [4.69, 9.17) is 44.3 Å². The lowest BCUT2D eigenvalue weighted by Gasteiger charge is -2.36. The number of rotatable bonds is 9. The van der Waals surface area contributed by atoms with Crippen LogP contribution in [0.5, 0.6) is 0 Å². The van der Waals surface area contributed by atoms with Crippen LogP contribution < -0.4 is 5.32 Å². The molecule has 2 heterocycles. The molecule has 3 N–H and O–H groups in total. The molecule has 0 saturated carbocycles. The fourth-order valence-corrected chi connectivity index (χ4v) is 5.46. The normalized spacial score (nSPS) is 19.2. The SMILES string of the molecule is O=C(NCc1cccc(-c2cccc([C@@H]3O[C@H](CSc4ncn[nH]4)C[C@H](c4ccc(CO)cc4)O3)c2)c1)C(Cl)(Cl)Cl. The van der Waals surface area contributed by atoms with Crippen molar-refractivity contribution in [3.05, 3.63) is 101 Å². The lowest BCUT2D eigenvalue weighted by atomic mass is 9.99. The van der Waals surface area contributed by atoms with Crippen molar-refractivity contribution in [1.82, 2.24) is 20.5 Å². The van der Waals surface area contributed by atoms with Crippen molar-refractivity contribution in [3.63, 3.8) is 0 Å². The van der Waals surface area contributed by atoms with Gasteiger partial charge in [0.25, 0.3) is 9.70 Å². The Balaban J connectivity index is 1.35. The number of nitrogens with one attached hydrogen (secondary N) is 2. The van der Waals surface area contributed by atoms with Gasteiger partial charge in [0.15, 0.2) is 11.4 Å². The molecule has 8 nitrogen and oxygen atoms in total. The first-order valence-corrected chi connectivity index (χ1v) is 14.9. The molecule has 1 aliphatic rings. The number of H-pyrrole nitrogens is 1. The van der Waals surface area contributed by atoms with Gasteiger partial charge in [0.2, 0.25) is 0 Å². The number of aliphatic hydroxyl groups is 1. The van der Waals surface area contributed by atoms with E-state index in [-0.39, 0.29) is 25.4 Å². The molecule has 41 heavy (non-hydrogen) atoms. The number of halogens is 3. The molecule has 3 aromatic carbocycles. The topological polar surface area (TPSA) is 109 Å². The van der Waals surface area contributed by atoms with Gasteiger partial charge in [-0.15, -0.1) is 0 Å². The van der Waals surface area contributed by atoms with E-state index in [0.29, 0.717) is 12.2 Å². The Bertz CT molecular complexity index is 1450. The highest BCUT2D eigenvalue weighted by Gasteiger charge is 2.33. The van der Waals surface area contributed by atoms with Crippen molar-refractivity contribution in [1.29, 1.82) is 0 Å². The largest absolute Gasteiger partial charge is 0.392 e. The van der Waals surface area contributed by atoms with Crippen molar-refractivity contribution >= 4 is 52.5 Å². The quantitative estimate of drug-likeness (QED) is 0.147. The number of alkyl halides is 3. The summed E-state index contributed by atoms with van der Waals surface area (Å²) in [4.78, 5) is 16.2. The van der Waals surface area contributed by atoms with E-state index in [1.165, 1.54) is 6.33 Å². The minimum absolute atomic E-state index is 0.0126. The highest BCUT2D eigenvalue weighted by molar-refractivity contribution is 7.99. The van der Waals surface area contributed by atoms with Gasteiger partial charge in [-0.2, -0.15) is 5.10 Å². The number of benzene rings is 3. The van der Waals surface area contributed by atoms with Crippen LogP contribution in [0.4, 0.5) is 0 Å². The van der Waals surface area contributed by atoms with Crippen LogP contribution in [0.25, 0.3) is 11.1 Å². The van der Waals surface area contributed by atoms with Crippen LogP contribution in [0.15, 0.2) is 84.3 Å². The summed E-state index contributed by atoms with van der Waals surface area (Å²) in [7, 11) is 0. The molecule has 214 valence electrons. The third-order valence-corrected chi connectivity index (χ3v) is 8.07. The molecule has 1 amide bonds. The van der Waals surface area contributed by atoms with E-state index in [2.05, 4.69) is 20.5 Å². The number of aromatic amines is 1. The van der Waals surface area contributed by atoms with Crippen molar-refractivity contribution < 1.29 is 19.4 Å². The van der Waals surface area contributed by atoms with E-state index in [1.807, 2.05) is 72.8 Å². The Morgan fingerprint density at radius 1 is 1.00 bits per heavy atom. The van der Waals surface area contributed by atoms with Gasteiger partial charge in [0.05, 0.1) is 18.8 Å². The summed E-state index contributed by atoms with van der Waals surface area (Å²) >= 11 is 18.5. The van der Waals surface area contributed by atoms with Crippen LogP contribution in [-0.4, -0.2) is 41.8 Å². The van der Waals surface area contributed by atoms with Crippen molar-refractivity contribution in [2.45, 2.75) is 47.0 Å². The highest BCUT2D eigenvalue weighted by Crippen LogP contribution is 2.40. The number of amides is 1. The summed E-state index contributed by atoms with van der Waals surface area (Å²) in [5.41, 5.74) is 5.52. The van der Waals surface area contributed by atoms with E-state index < -0.39 is 16.0 Å². The maximum atomic E-state index is 12.0. The lowest BCUT2D eigenvalue weighted by Crippen LogP contribution is -2.33. The van der Waals surface area contributed by atoms with Crippen LogP contribution in [0.3, 0.4) is 0 Å². The molecule has 0 unspecified atom stereocenters. The molecule has 4 aromatic rings. The number of thioether (sulfide) groups is 1. The van der Waals surface area contributed by atoms with Gasteiger partial charge < -0.3 is 19.9 Å². The number of carbonyl (C=O) groups is 1. The molecule has 1 aromatic heterocycles. The standard InChI is InChI=1S/C29H27Cl3N4O4S/c30-29(31,32)27(38)33-14-19-3-1-4-21(11-19)22-5-2-6-23(12-22)26-39-24(16-41-28-34-17-35-36-28)13-25(40-26)20-9-7-18(15-37)8-10-20/h1-12,17,24-26,37H,13-16H2,(H,33,38)(H,34,35,36)/t24-,25+,26+/m0/s1. The minimum atomic E-state index is -2.02. The number of aromatic nitrogens is 3. The summed E-state index contributed by atoms with van der Waals surface area (Å²) in [6.45, 7) is 0.206. The molecule has 0 bridgehead atoms. The van der Waals surface area contributed by atoms with Gasteiger partial charge in [0.1, 0.15) is 6.33 Å². The molecule has 12 heteroatoms. The summed E-state index contributed by atoms with van der Waals surface area (Å²) in [6, 6.07) is 23.6. The van der Waals surface area contributed by atoms with Gasteiger partial charge in [-0.1, -0.05) is 107 Å². The van der Waals surface area contributed by atoms with E-state index in [9.17, 15) is 9.90 Å². The average molecular weight is 634 g/mol. The second-order valence-electron chi connectivity index (χ2n) is 9.46. The average Bonchev–Trinajstić information content (AvgIpc) is 3.52. The fourth-order valence-electron chi connectivity index (χ4n) is 4.47. The highest BCUT2D eigenvalue weighted by atomic mass is 35.6. The Labute approximate surface area is 256 Å². The number of ether oxygens (including phenoxy) is 2. The number of hydrogen-bond donors (Lipinski definition) is 3. The molecule has 1 aliphatic heterocycles. The molecular formula is C29H27Cl3N4O4S.